The number of fused-ring (bicyclic) bond motifs is 1. The Morgan fingerprint density at radius 3 is 3.00 bits per heavy atom. The third-order valence-electron chi connectivity index (χ3n) is 4.03. The molecule has 0 radical (unpaired) electrons. The summed E-state index contributed by atoms with van der Waals surface area (Å²) >= 11 is 0. The molecule has 1 aromatic heterocycles. The van der Waals surface area contributed by atoms with Gasteiger partial charge in [-0.1, -0.05) is 0 Å². The minimum absolute atomic E-state index is 0.105. The van der Waals surface area contributed by atoms with Crippen molar-refractivity contribution in [1.29, 1.82) is 0 Å². The molecule has 0 bridgehead atoms. The topological polar surface area (TPSA) is 72.9 Å². The summed E-state index contributed by atoms with van der Waals surface area (Å²) in [5.74, 6) is -1.39. The van der Waals surface area contributed by atoms with E-state index in [1.54, 1.807) is 6.20 Å². The zero-order valence-corrected chi connectivity index (χ0v) is 12.6. The second-order valence-corrected chi connectivity index (χ2v) is 5.61. The van der Waals surface area contributed by atoms with E-state index in [0.717, 1.165) is 36.6 Å². The minimum atomic E-state index is -0.662. The van der Waals surface area contributed by atoms with E-state index in [2.05, 4.69) is 10.4 Å². The van der Waals surface area contributed by atoms with Crippen molar-refractivity contribution in [2.24, 2.45) is 5.73 Å². The van der Waals surface area contributed by atoms with Crippen LogP contribution >= 0.6 is 0 Å². The average molecular weight is 320 g/mol. The molecular weight excluding hydrogens is 302 g/mol. The van der Waals surface area contributed by atoms with Crippen molar-refractivity contribution in [3.8, 4) is 5.69 Å². The summed E-state index contributed by atoms with van der Waals surface area (Å²) in [6, 6.07) is 3.27. The van der Waals surface area contributed by atoms with Crippen molar-refractivity contribution >= 4 is 5.91 Å². The lowest BCUT2D eigenvalue weighted by molar-refractivity contribution is -0.121. The number of aromatic nitrogens is 2. The Labute approximate surface area is 132 Å². The van der Waals surface area contributed by atoms with Gasteiger partial charge in [0.05, 0.1) is 12.2 Å². The molecule has 7 heteroatoms. The Bertz CT molecular complexity index is 729. The molecule has 3 N–H and O–H groups in total. The summed E-state index contributed by atoms with van der Waals surface area (Å²) in [6.45, 7) is 0.297. The van der Waals surface area contributed by atoms with Crippen LogP contribution in [-0.2, 0) is 11.2 Å². The highest BCUT2D eigenvalue weighted by Gasteiger charge is 2.26. The maximum atomic E-state index is 14.0. The van der Waals surface area contributed by atoms with Gasteiger partial charge >= 0.3 is 0 Å². The average Bonchev–Trinajstić information content (AvgIpc) is 2.92. The maximum Gasteiger partial charge on any atom is 0.221 e. The van der Waals surface area contributed by atoms with Crippen LogP contribution in [0.25, 0.3) is 5.69 Å². The third-order valence-corrected chi connectivity index (χ3v) is 4.03. The van der Waals surface area contributed by atoms with E-state index < -0.39 is 11.6 Å². The van der Waals surface area contributed by atoms with E-state index in [4.69, 9.17) is 5.73 Å². The van der Waals surface area contributed by atoms with E-state index in [-0.39, 0.29) is 24.1 Å². The Hall–Kier alpha value is -2.28. The number of amides is 1. The van der Waals surface area contributed by atoms with Crippen molar-refractivity contribution in [2.45, 2.75) is 31.7 Å². The van der Waals surface area contributed by atoms with Gasteiger partial charge in [0.15, 0.2) is 5.82 Å². The molecule has 1 amide bonds. The van der Waals surface area contributed by atoms with Gasteiger partial charge in [0, 0.05) is 30.3 Å². The largest absolute Gasteiger partial charge is 0.349 e. The third kappa shape index (κ3) is 3.10. The molecule has 1 aliphatic rings. The predicted octanol–water partition coefficient (Wildman–Crippen LogP) is 1.99. The van der Waals surface area contributed by atoms with Crippen LogP contribution in [0.15, 0.2) is 24.4 Å². The zero-order chi connectivity index (χ0) is 16.4. The van der Waals surface area contributed by atoms with Gasteiger partial charge in [0.2, 0.25) is 5.91 Å². The van der Waals surface area contributed by atoms with Crippen LogP contribution in [0.4, 0.5) is 8.78 Å². The number of carbonyl (C=O) groups is 1. The Morgan fingerprint density at radius 2 is 2.26 bits per heavy atom. The molecule has 0 saturated heterocycles. The van der Waals surface area contributed by atoms with E-state index in [1.165, 1.54) is 16.8 Å². The van der Waals surface area contributed by atoms with Gasteiger partial charge in [-0.3, -0.25) is 4.79 Å². The normalized spacial score (nSPS) is 16.9. The van der Waals surface area contributed by atoms with Crippen LogP contribution in [0, 0.1) is 11.6 Å². The smallest absolute Gasteiger partial charge is 0.221 e. The number of nitrogens with one attached hydrogen (secondary N) is 1. The summed E-state index contributed by atoms with van der Waals surface area (Å²) in [5, 5.41) is 7.18. The van der Waals surface area contributed by atoms with Gasteiger partial charge in [-0.2, -0.15) is 5.10 Å². The van der Waals surface area contributed by atoms with Crippen molar-refractivity contribution in [1.82, 2.24) is 15.1 Å². The molecule has 3 rings (SSSR count). The SMILES string of the molecule is NCCC(=O)N[C@H]1CCCc2c1cnn2-c1ccc(F)cc1F. The number of hydrogen-bond donors (Lipinski definition) is 2. The quantitative estimate of drug-likeness (QED) is 0.905. The van der Waals surface area contributed by atoms with Crippen LogP contribution in [0.2, 0.25) is 0 Å². The fourth-order valence-corrected chi connectivity index (χ4v) is 2.97. The van der Waals surface area contributed by atoms with Gasteiger partial charge in [-0.15, -0.1) is 0 Å². The molecule has 1 aliphatic carbocycles. The maximum absolute atomic E-state index is 14.0. The number of hydrogen-bond acceptors (Lipinski definition) is 3. The predicted molar refractivity (Wildman–Crippen MR) is 81.0 cm³/mol. The second-order valence-electron chi connectivity index (χ2n) is 5.61. The monoisotopic (exact) mass is 320 g/mol. The van der Waals surface area contributed by atoms with Gasteiger partial charge in [-0.25, -0.2) is 13.5 Å². The molecule has 1 heterocycles. The lowest BCUT2D eigenvalue weighted by Gasteiger charge is -2.24. The molecule has 2 aromatic rings. The minimum Gasteiger partial charge on any atom is -0.349 e. The second kappa shape index (κ2) is 6.45. The highest BCUT2D eigenvalue weighted by Crippen LogP contribution is 2.31. The summed E-state index contributed by atoms with van der Waals surface area (Å²) in [5.41, 5.74) is 7.33. The van der Waals surface area contributed by atoms with Crippen LogP contribution in [-0.4, -0.2) is 22.2 Å². The molecule has 0 aliphatic heterocycles. The molecule has 0 fully saturated rings. The molecule has 1 aromatic carbocycles. The number of halogens is 2. The fourth-order valence-electron chi connectivity index (χ4n) is 2.97. The van der Waals surface area contributed by atoms with Crippen LogP contribution in [0.1, 0.15) is 36.6 Å². The van der Waals surface area contributed by atoms with E-state index >= 15 is 0 Å². The first-order chi connectivity index (χ1) is 11.1. The molecule has 23 heavy (non-hydrogen) atoms. The molecule has 0 saturated carbocycles. The number of nitrogens with zero attached hydrogens (tertiary/aromatic N) is 2. The fraction of sp³-hybridized carbons (Fsp3) is 0.375. The Kier molecular flexibility index (Phi) is 4.38. The number of nitrogens with two attached hydrogens (primary N) is 1. The van der Waals surface area contributed by atoms with E-state index in [1.807, 2.05) is 0 Å². The number of carbonyl (C=O) groups excluding carboxylic acids is 1. The Morgan fingerprint density at radius 1 is 1.43 bits per heavy atom. The number of benzene rings is 1. The molecule has 0 unspecified atom stereocenters. The number of rotatable bonds is 4. The molecule has 122 valence electrons. The van der Waals surface area contributed by atoms with E-state index in [0.29, 0.717) is 6.54 Å². The molecule has 1 atom stereocenters. The van der Waals surface area contributed by atoms with Gasteiger partial charge < -0.3 is 11.1 Å². The zero-order valence-electron chi connectivity index (χ0n) is 12.6. The van der Waals surface area contributed by atoms with Gasteiger partial charge in [-0.05, 0) is 31.4 Å². The van der Waals surface area contributed by atoms with Crippen molar-refractivity contribution in [3.63, 3.8) is 0 Å². The highest BCUT2D eigenvalue weighted by molar-refractivity contribution is 5.76. The molecular formula is C16H18F2N4O. The standard InChI is InChI=1S/C16H18F2N4O/c17-10-4-5-15(12(18)8-10)22-14-3-1-2-13(11(14)9-20-22)21-16(23)6-7-19/h4-5,8-9,13H,1-3,6-7,19H2,(H,21,23)/t13-/m0/s1. The van der Waals surface area contributed by atoms with Crippen molar-refractivity contribution in [2.75, 3.05) is 6.54 Å². The highest BCUT2D eigenvalue weighted by atomic mass is 19.1. The summed E-state index contributed by atoms with van der Waals surface area (Å²) in [7, 11) is 0. The molecule has 0 spiro atoms. The summed E-state index contributed by atoms with van der Waals surface area (Å²) in [4.78, 5) is 11.8. The van der Waals surface area contributed by atoms with Crippen molar-refractivity contribution in [3.05, 3.63) is 47.3 Å². The Balaban J connectivity index is 1.92. The van der Waals surface area contributed by atoms with Gasteiger partial charge in [0.1, 0.15) is 11.5 Å². The first kappa shape index (κ1) is 15.6. The van der Waals surface area contributed by atoms with E-state index in [9.17, 15) is 13.6 Å². The van der Waals surface area contributed by atoms with Crippen LogP contribution in [0.3, 0.4) is 0 Å². The van der Waals surface area contributed by atoms with Crippen LogP contribution < -0.4 is 11.1 Å². The lowest BCUT2D eigenvalue weighted by Crippen LogP contribution is -2.32. The first-order valence-corrected chi connectivity index (χ1v) is 7.62. The van der Waals surface area contributed by atoms with Gasteiger partial charge in [0.25, 0.3) is 0 Å². The molecule has 5 nitrogen and oxygen atoms in total. The van der Waals surface area contributed by atoms with Crippen LogP contribution in [0.5, 0.6) is 0 Å². The summed E-state index contributed by atoms with van der Waals surface area (Å²) in [6.07, 6.45) is 4.31. The first-order valence-electron chi connectivity index (χ1n) is 7.62. The summed E-state index contributed by atoms with van der Waals surface area (Å²) < 4.78 is 28.6. The lowest BCUT2D eigenvalue weighted by atomic mass is 9.92. The van der Waals surface area contributed by atoms with Crippen molar-refractivity contribution < 1.29 is 13.6 Å².